The Balaban J connectivity index is 2.12. The van der Waals surface area contributed by atoms with Gasteiger partial charge in [0.15, 0.2) is 0 Å². The topological polar surface area (TPSA) is 49.7 Å². The molecule has 1 saturated carbocycles. The van der Waals surface area contributed by atoms with Crippen LogP contribution in [0.5, 0.6) is 5.75 Å². The molecule has 0 aromatic heterocycles. The zero-order valence-electron chi connectivity index (χ0n) is 10.9. The molecule has 1 fully saturated rings. The summed E-state index contributed by atoms with van der Waals surface area (Å²) < 4.78 is 5.91. The van der Waals surface area contributed by atoms with Crippen LogP contribution in [-0.4, -0.2) is 22.4 Å². The monoisotopic (exact) mass is 250 g/mol. The third-order valence-corrected chi connectivity index (χ3v) is 3.61. The Morgan fingerprint density at radius 1 is 1.28 bits per heavy atom. The summed E-state index contributed by atoms with van der Waals surface area (Å²) in [6, 6.07) is 7.56. The quantitative estimate of drug-likeness (QED) is 0.864. The second kappa shape index (κ2) is 6.21. The van der Waals surface area contributed by atoms with Gasteiger partial charge in [-0.1, -0.05) is 31.5 Å². The van der Waals surface area contributed by atoms with E-state index in [1.807, 2.05) is 31.2 Å². The van der Waals surface area contributed by atoms with Gasteiger partial charge >= 0.3 is 0 Å². The van der Waals surface area contributed by atoms with Crippen LogP contribution >= 0.6 is 0 Å². The summed E-state index contributed by atoms with van der Waals surface area (Å²) in [6.45, 7) is 1.94. The van der Waals surface area contributed by atoms with Crippen LogP contribution in [0.15, 0.2) is 24.3 Å². The highest BCUT2D eigenvalue weighted by molar-refractivity contribution is 5.35. The number of aliphatic hydroxyl groups excluding tert-OH is 2. The molecule has 0 aliphatic heterocycles. The Morgan fingerprint density at radius 2 is 2.00 bits per heavy atom. The Labute approximate surface area is 108 Å². The fraction of sp³-hybridized carbons (Fsp3) is 0.600. The molecular weight excluding hydrogens is 228 g/mol. The van der Waals surface area contributed by atoms with Crippen LogP contribution in [0.1, 0.15) is 50.7 Å². The lowest BCUT2D eigenvalue weighted by Gasteiger charge is -2.29. The van der Waals surface area contributed by atoms with Gasteiger partial charge in [0.2, 0.25) is 0 Å². The van der Waals surface area contributed by atoms with Crippen molar-refractivity contribution in [1.82, 2.24) is 0 Å². The Morgan fingerprint density at radius 3 is 2.72 bits per heavy atom. The fourth-order valence-corrected chi connectivity index (χ4v) is 2.46. The number of rotatable bonds is 4. The molecule has 2 rings (SSSR count). The van der Waals surface area contributed by atoms with Crippen LogP contribution in [0.25, 0.3) is 0 Å². The van der Waals surface area contributed by atoms with Crippen molar-refractivity contribution < 1.29 is 14.9 Å². The van der Waals surface area contributed by atoms with Crippen LogP contribution in [0.4, 0.5) is 0 Å². The van der Waals surface area contributed by atoms with Gasteiger partial charge < -0.3 is 14.9 Å². The summed E-state index contributed by atoms with van der Waals surface area (Å²) in [5.41, 5.74) is 0.817. The predicted molar refractivity (Wildman–Crippen MR) is 70.6 cm³/mol. The van der Waals surface area contributed by atoms with Gasteiger partial charge in [-0.05, 0) is 31.7 Å². The maximum absolute atomic E-state index is 9.96. The van der Waals surface area contributed by atoms with Gasteiger partial charge in [-0.2, -0.15) is 0 Å². The largest absolute Gasteiger partial charge is 0.487 e. The molecule has 1 aliphatic carbocycles. The first-order valence-corrected chi connectivity index (χ1v) is 6.84. The zero-order chi connectivity index (χ0) is 13.0. The highest BCUT2D eigenvalue weighted by Gasteiger charge is 2.25. The maximum atomic E-state index is 9.96. The summed E-state index contributed by atoms with van der Waals surface area (Å²) >= 11 is 0. The van der Waals surface area contributed by atoms with Gasteiger partial charge in [0.25, 0.3) is 0 Å². The first-order valence-electron chi connectivity index (χ1n) is 6.84. The second-order valence-corrected chi connectivity index (χ2v) is 4.97. The Hall–Kier alpha value is -1.06. The summed E-state index contributed by atoms with van der Waals surface area (Å²) in [6.07, 6.45) is 3.51. The third kappa shape index (κ3) is 3.03. The molecule has 1 aromatic carbocycles. The zero-order valence-corrected chi connectivity index (χ0v) is 10.9. The molecule has 0 radical (unpaired) electrons. The lowest BCUT2D eigenvalue weighted by molar-refractivity contribution is 0.00504. The van der Waals surface area contributed by atoms with Crippen molar-refractivity contribution in [2.45, 2.75) is 57.3 Å². The maximum Gasteiger partial charge on any atom is 0.125 e. The number of aliphatic hydroxyl groups is 2. The minimum Gasteiger partial charge on any atom is -0.487 e. The number of para-hydroxylation sites is 1. The molecule has 2 unspecified atom stereocenters. The molecule has 0 bridgehead atoms. The van der Waals surface area contributed by atoms with Gasteiger partial charge in [-0.25, -0.2) is 0 Å². The van der Waals surface area contributed by atoms with Gasteiger partial charge in [0.05, 0.1) is 12.2 Å². The van der Waals surface area contributed by atoms with Crippen molar-refractivity contribution in [3.63, 3.8) is 0 Å². The average Bonchev–Trinajstić information content (AvgIpc) is 2.41. The first kappa shape index (κ1) is 13.4. The van der Waals surface area contributed by atoms with Crippen molar-refractivity contribution in [3.8, 4) is 5.75 Å². The van der Waals surface area contributed by atoms with Gasteiger partial charge in [-0.15, -0.1) is 0 Å². The van der Waals surface area contributed by atoms with Crippen LogP contribution in [0, 0.1) is 0 Å². The van der Waals surface area contributed by atoms with Crippen LogP contribution in [0.2, 0.25) is 0 Å². The number of benzene rings is 1. The molecule has 1 aliphatic rings. The highest BCUT2D eigenvalue weighted by Crippen LogP contribution is 2.30. The van der Waals surface area contributed by atoms with Crippen molar-refractivity contribution in [1.29, 1.82) is 0 Å². The Bertz CT molecular complexity index is 378. The van der Waals surface area contributed by atoms with E-state index in [2.05, 4.69) is 0 Å². The lowest BCUT2D eigenvalue weighted by Crippen LogP contribution is -2.34. The van der Waals surface area contributed by atoms with E-state index in [-0.39, 0.29) is 12.2 Å². The first-order chi connectivity index (χ1) is 8.72. The summed E-state index contributed by atoms with van der Waals surface area (Å²) in [4.78, 5) is 0. The van der Waals surface area contributed by atoms with Crippen LogP contribution < -0.4 is 4.74 Å². The smallest absolute Gasteiger partial charge is 0.125 e. The van der Waals surface area contributed by atoms with Gasteiger partial charge in [0, 0.05) is 5.56 Å². The van der Waals surface area contributed by atoms with Gasteiger partial charge in [0.1, 0.15) is 11.9 Å². The minimum atomic E-state index is -0.498. The molecule has 2 N–H and O–H groups in total. The Kier molecular flexibility index (Phi) is 4.61. The summed E-state index contributed by atoms with van der Waals surface area (Å²) in [5.74, 6) is 0.706. The van der Waals surface area contributed by atoms with E-state index in [0.29, 0.717) is 12.2 Å². The van der Waals surface area contributed by atoms with Crippen molar-refractivity contribution in [2.24, 2.45) is 0 Å². The van der Waals surface area contributed by atoms with E-state index in [4.69, 9.17) is 4.74 Å². The summed E-state index contributed by atoms with van der Waals surface area (Å²) in [7, 11) is 0. The molecule has 3 atom stereocenters. The van der Waals surface area contributed by atoms with Crippen LogP contribution in [0.3, 0.4) is 0 Å². The number of ether oxygens (including phenoxy) is 1. The van der Waals surface area contributed by atoms with E-state index in [0.717, 1.165) is 31.2 Å². The molecule has 3 heteroatoms. The molecule has 0 heterocycles. The predicted octanol–water partition coefficient (Wildman–Crippen LogP) is 2.81. The average molecular weight is 250 g/mol. The normalized spacial score (nSPS) is 25.7. The van der Waals surface area contributed by atoms with Gasteiger partial charge in [-0.3, -0.25) is 0 Å². The number of hydrogen-bond donors (Lipinski definition) is 2. The van der Waals surface area contributed by atoms with Crippen LogP contribution in [-0.2, 0) is 0 Å². The number of hydrogen-bond acceptors (Lipinski definition) is 3. The van der Waals surface area contributed by atoms with Crippen molar-refractivity contribution in [2.75, 3.05) is 0 Å². The summed E-state index contributed by atoms with van der Waals surface area (Å²) in [5, 5.41) is 19.9. The molecule has 0 saturated heterocycles. The molecule has 18 heavy (non-hydrogen) atoms. The minimum absolute atomic E-state index is 0.135. The molecule has 0 spiro atoms. The molecule has 0 amide bonds. The molecule has 1 aromatic rings. The van der Waals surface area contributed by atoms with E-state index in [9.17, 15) is 10.2 Å². The molecular formula is C15H22O3. The third-order valence-electron chi connectivity index (χ3n) is 3.61. The lowest BCUT2D eigenvalue weighted by atomic mass is 9.94. The van der Waals surface area contributed by atoms with Crippen molar-refractivity contribution >= 4 is 0 Å². The SMILES string of the molecule is CC[C@H](O)c1ccccc1OC1CCCCC1O. The molecule has 100 valence electrons. The fourth-order valence-electron chi connectivity index (χ4n) is 2.46. The van der Waals surface area contributed by atoms with E-state index in [1.165, 1.54) is 0 Å². The van der Waals surface area contributed by atoms with Crippen molar-refractivity contribution in [3.05, 3.63) is 29.8 Å². The van der Waals surface area contributed by atoms with E-state index >= 15 is 0 Å². The highest BCUT2D eigenvalue weighted by atomic mass is 16.5. The van der Waals surface area contributed by atoms with E-state index < -0.39 is 6.10 Å². The molecule has 3 nitrogen and oxygen atoms in total. The standard InChI is InChI=1S/C15H22O3/c1-2-12(16)11-7-3-5-9-14(11)18-15-10-6-4-8-13(15)17/h3,5,7,9,12-13,15-17H,2,4,6,8,10H2,1H3/t12-,13?,15?/m0/s1. The van der Waals surface area contributed by atoms with E-state index in [1.54, 1.807) is 0 Å². The second-order valence-electron chi connectivity index (χ2n) is 4.97.